The third kappa shape index (κ3) is 7.02. The van der Waals surface area contributed by atoms with E-state index in [9.17, 15) is 14.4 Å². The molecule has 0 spiro atoms. The van der Waals surface area contributed by atoms with Crippen LogP contribution in [0.15, 0.2) is 35.5 Å². The Morgan fingerprint density at radius 2 is 1.73 bits per heavy atom. The first-order valence-corrected chi connectivity index (χ1v) is 12.3. The van der Waals surface area contributed by atoms with Crippen molar-refractivity contribution in [3.8, 4) is 0 Å². The molecular weight excluding hydrogens is 440 g/mol. The molecule has 0 aliphatic carbocycles. The first-order chi connectivity index (χ1) is 15.9. The SMILES string of the molecule is CSc1nc(C)c(CCC(=O)OCC(=O)N2CCC(C(=O)Nc3ccccc3)CC2)c(C)n1. The number of para-hydroxylation sites is 1. The highest BCUT2D eigenvalue weighted by molar-refractivity contribution is 7.98. The fourth-order valence-corrected chi connectivity index (χ4v) is 4.31. The Hall–Kier alpha value is -2.94. The van der Waals surface area contributed by atoms with Gasteiger partial charge in [0.1, 0.15) is 0 Å². The van der Waals surface area contributed by atoms with Crippen molar-refractivity contribution >= 4 is 35.2 Å². The molecule has 0 radical (unpaired) electrons. The minimum atomic E-state index is -0.423. The summed E-state index contributed by atoms with van der Waals surface area (Å²) >= 11 is 1.48. The number of carbonyl (C=O) groups excluding carboxylic acids is 3. The molecule has 1 aliphatic heterocycles. The Morgan fingerprint density at radius 3 is 2.33 bits per heavy atom. The van der Waals surface area contributed by atoms with E-state index in [4.69, 9.17) is 4.74 Å². The Morgan fingerprint density at radius 1 is 1.09 bits per heavy atom. The number of piperidine rings is 1. The number of amides is 2. The van der Waals surface area contributed by atoms with Crippen molar-refractivity contribution in [1.29, 1.82) is 0 Å². The normalized spacial score (nSPS) is 14.1. The minimum Gasteiger partial charge on any atom is -0.456 e. The summed E-state index contributed by atoms with van der Waals surface area (Å²) in [6, 6.07) is 9.33. The van der Waals surface area contributed by atoms with Crippen molar-refractivity contribution in [2.24, 2.45) is 5.92 Å². The average molecular weight is 471 g/mol. The zero-order chi connectivity index (χ0) is 23.8. The molecule has 2 heterocycles. The highest BCUT2D eigenvalue weighted by Crippen LogP contribution is 2.20. The fourth-order valence-electron chi connectivity index (χ4n) is 3.85. The van der Waals surface area contributed by atoms with Crippen LogP contribution in [0.1, 0.15) is 36.2 Å². The van der Waals surface area contributed by atoms with Crippen molar-refractivity contribution in [2.75, 3.05) is 31.3 Å². The molecule has 3 rings (SSSR count). The summed E-state index contributed by atoms with van der Waals surface area (Å²) in [4.78, 5) is 47.6. The van der Waals surface area contributed by atoms with Gasteiger partial charge in [-0.05, 0) is 57.1 Å². The standard InChI is InChI=1S/C24H30N4O4S/c1-16-20(17(2)26-24(25-16)33-3)9-10-22(30)32-15-21(29)28-13-11-18(12-14-28)23(31)27-19-7-5-4-6-8-19/h4-8,18H,9-15H2,1-3H3,(H,27,31). The number of likely N-dealkylation sites (tertiary alicyclic amines) is 1. The molecule has 2 amide bonds. The van der Waals surface area contributed by atoms with E-state index in [2.05, 4.69) is 15.3 Å². The molecule has 0 saturated carbocycles. The lowest BCUT2D eigenvalue weighted by Gasteiger charge is -2.31. The van der Waals surface area contributed by atoms with Gasteiger partial charge in [0.2, 0.25) is 5.91 Å². The van der Waals surface area contributed by atoms with E-state index < -0.39 is 5.97 Å². The van der Waals surface area contributed by atoms with Crippen LogP contribution in [0, 0.1) is 19.8 Å². The number of benzene rings is 1. The quantitative estimate of drug-likeness (QED) is 0.359. The highest BCUT2D eigenvalue weighted by Gasteiger charge is 2.27. The van der Waals surface area contributed by atoms with Crippen LogP contribution in [0.25, 0.3) is 0 Å². The number of esters is 1. The maximum absolute atomic E-state index is 12.4. The summed E-state index contributed by atoms with van der Waals surface area (Å²) in [5.74, 6) is -0.818. The molecule has 176 valence electrons. The Bertz CT molecular complexity index is 968. The van der Waals surface area contributed by atoms with Gasteiger partial charge in [-0.15, -0.1) is 0 Å². The summed E-state index contributed by atoms with van der Waals surface area (Å²) in [6.07, 6.45) is 3.73. The third-order valence-corrected chi connectivity index (χ3v) is 6.33. The van der Waals surface area contributed by atoms with Crippen LogP contribution in [0.4, 0.5) is 5.69 Å². The molecule has 0 unspecified atom stereocenters. The Balaban J connectivity index is 1.39. The second-order valence-electron chi connectivity index (χ2n) is 8.03. The van der Waals surface area contributed by atoms with E-state index in [1.807, 2.05) is 50.4 Å². The minimum absolute atomic E-state index is 0.0279. The highest BCUT2D eigenvalue weighted by atomic mass is 32.2. The number of aryl methyl sites for hydroxylation is 2. The number of hydrogen-bond acceptors (Lipinski definition) is 7. The summed E-state index contributed by atoms with van der Waals surface area (Å²) < 4.78 is 5.20. The maximum Gasteiger partial charge on any atom is 0.306 e. The average Bonchev–Trinajstić information content (AvgIpc) is 2.82. The van der Waals surface area contributed by atoms with Crippen LogP contribution in [0.5, 0.6) is 0 Å². The van der Waals surface area contributed by atoms with Gasteiger partial charge in [0, 0.05) is 42.5 Å². The predicted octanol–water partition coefficient (Wildman–Crippen LogP) is 3.17. The molecule has 33 heavy (non-hydrogen) atoms. The zero-order valence-electron chi connectivity index (χ0n) is 19.3. The summed E-state index contributed by atoms with van der Waals surface area (Å²) in [6.45, 7) is 4.48. The van der Waals surface area contributed by atoms with Gasteiger partial charge >= 0.3 is 5.97 Å². The largest absolute Gasteiger partial charge is 0.456 e. The number of thioether (sulfide) groups is 1. The van der Waals surface area contributed by atoms with Gasteiger partial charge in [0.05, 0.1) is 0 Å². The zero-order valence-corrected chi connectivity index (χ0v) is 20.1. The first kappa shape index (κ1) is 24.7. The van der Waals surface area contributed by atoms with Gasteiger partial charge in [-0.1, -0.05) is 30.0 Å². The van der Waals surface area contributed by atoms with Crippen molar-refractivity contribution in [3.63, 3.8) is 0 Å². The number of anilines is 1. The van der Waals surface area contributed by atoms with Crippen molar-refractivity contribution in [2.45, 2.75) is 44.7 Å². The van der Waals surface area contributed by atoms with Gasteiger partial charge in [0.15, 0.2) is 11.8 Å². The molecule has 1 N–H and O–H groups in total. The molecule has 0 atom stereocenters. The topological polar surface area (TPSA) is 101 Å². The summed E-state index contributed by atoms with van der Waals surface area (Å²) in [5, 5.41) is 3.63. The maximum atomic E-state index is 12.4. The number of ether oxygens (including phenoxy) is 1. The van der Waals surface area contributed by atoms with E-state index in [0.29, 0.717) is 37.5 Å². The van der Waals surface area contributed by atoms with Crippen LogP contribution in [0.3, 0.4) is 0 Å². The number of rotatable bonds is 8. The van der Waals surface area contributed by atoms with E-state index in [1.54, 1.807) is 4.90 Å². The molecule has 9 heteroatoms. The van der Waals surface area contributed by atoms with Crippen LogP contribution < -0.4 is 5.32 Å². The lowest BCUT2D eigenvalue weighted by atomic mass is 9.95. The molecular formula is C24H30N4O4S. The lowest BCUT2D eigenvalue weighted by molar-refractivity contribution is -0.152. The number of aromatic nitrogens is 2. The Kier molecular flexibility index (Phi) is 8.82. The van der Waals surface area contributed by atoms with Gasteiger partial charge in [-0.3, -0.25) is 14.4 Å². The van der Waals surface area contributed by atoms with Crippen molar-refractivity contribution in [1.82, 2.24) is 14.9 Å². The monoisotopic (exact) mass is 470 g/mol. The number of nitrogens with one attached hydrogen (secondary N) is 1. The summed E-state index contributed by atoms with van der Waals surface area (Å²) in [7, 11) is 0. The number of nitrogens with zero attached hydrogens (tertiary/aromatic N) is 3. The van der Waals surface area contributed by atoms with Gasteiger partial charge < -0.3 is 15.0 Å². The van der Waals surface area contributed by atoms with Crippen LogP contribution >= 0.6 is 11.8 Å². The van der Waals surface area contributed by atoms with E-state index in [1.165, 1.54) is 11.8 Å². The van der Waals surface area contributed by atoms with Gasteiger partial charge in [-0.25, -0.2) is 9.97 Å². The van der Waals surface area contributed by atoms with E-state index >= 15 is 0 Å². The summed E-state index contributed by atoms with van der Waals surface area (Å²) in [5.41, 5.74) is 3.42. The molecule has 1 aromatic heterocycles. The lowest BCUT2D eigenvalue weighted by Crippen LogP contribution is -2.43. The molecule has 0 bridgehead atoms. The second-order valence-corrected chi connectivity index (χ2v) is 8.80. The van der Waals surface area contributed by atoms with E-state index in [0.717, 1.165) is 22.6 Å². The van der Waals surface area contributed by atoms with Crippen LogP contribution in [0.2, 0.25) is 0 Å². The molecule has 8 nitrogen and oxygen atoms in total. The molecule has 2 aromatic rings. The smallest absolute Gasteiger partial charge is 0.306 e. The fraction of sp³-hybridized carbons (Fsp3) is 0.458. The van der Waals surface area contributed by atoms with E-state index in [-0.39, 0.29) is 30.8 Å². The number of carbonyl (C=O) groups is 3. The van der Waals surface area contributed by atoms with Crippen molar-refractivity contribution in [3.05, 3.63) is 47.3 Å². The molecule has 1 saturated heterocycles. The van der Waals surface area contributed by atoms with Crippen LogP contribution in [-0.2, 0) is 25.5 Å². The molecule has 1 fully saturated rings. The third-order valence-electron chi connectivity index (χ3n) is 5.78. The Labute approximate surface area is 198 Å². The second kappa shape index (κ2) is 11.8. The number of hydrogen-bond donors (Lipinski definition) is 1. The van der Waals surface area contributed by atoms with Gasteiger partial charge in [0.25, 0.3) is 5.91 Å². The van der Waals surface area contributed by atoms with Gasteiger partial charge in [-0.2, -0.15) is 0 Å². The van der Waals surface area contributed by atoms with Crippen molar-refractivity contribution < 1.29 is 19.1 Å². The first-order valence-electron chi connectivity index (χ1n) is 11.0. The molecule has 1 aliphatic rings. The molecule has 1 aromatic carbocycles. The van der Waals surface area contributed by atoms with Crippen LogP contribution in [-0.4, -0.2) is 58.6 Å². The predicted molar refractivity (Wildman–Crippen MR) is 127 cm³/mol.